The first kappa shape index (κ1) is 14.8. The lowest BCUT2D eigenvalue weighted by atomic mass is 10.0. The SMILES string of the molecule is Cc1ccc(C(=O)N(C)c2cccnc2)c(C#CCO)c1. The number of aromatic nitrogens is 1. The Morgan fingerprint density at radius 1 is 1.38 bits per heavy atom. The third-order valence-electron chi connectivity index (χ3n) is 3.05. The van der Waals surface area contributed by atoms with E-state index in [0.717, 1.165) is 5.56 Å². The number of hydrogen-bond acceptors (Lipinski definition) is 3. The lowest BCUT2D eigenvalue weighted by Gasteiger charge is -2.17. The van der Waals surface area contributed by atoms with E-state index in [-0.39, 0.29) is 12.5 Å². The van der Waals surface area contributed by atoms with E-state index in [2.05, 4.69) is 16.8 Å². The minimum atomic E-state index is -0.236. The van der Waals surface area contributed by atoms with Crippen molar-refractivity contribution in [2.75, 3.05) is 18.6 Å². The molecular formula is C17H16N2O2. The second-order valence-electron chi connectivity index (χ2n) is 4.58. The second kappa shape index (κ2) is 6.69. The van der Waals surface area contributed by atoms with Crippen molar-refractivity contribution in [2.24, 2.45) is 0 Å². The van der Waals surface area contributed by atoms with Gasteiger partial charge in [-0.3, -0.25) is 9.78 Å². The molecule has 1 N–H and O–H groups in total. The van der Waals surface area contributed by atoms with E-state index in [1.807, 2.05) is 25.1 Å². The van der Waals surface area contributed by atoms with Crippen molar-refractivity contribution >= 4 is 11.6 Å². The third kappa shape index (κ3) is 3.47. The quantitative estimate of drug-likeness (QED) is 0.856. The summed E-state index contributed by atoms with van der Waals surface area (Å²) < 4.78 is 0. The van der Waals surface area contributed by atoms with Gasteiger partial charge in [0.1, 0.15) is 6.61 Å². The maximum Gasteiger partial charge on any atom is 0.259 e. The van der Waals surface area contributed by atoms with Crippen molar-refractivity contribution in [1.82, 2.24) is 4.98 Å². The zero-order valence-electron chi connectivity index (χ0n) is 12.0. The predicted octanol–water partition coefficient (Wildman–Crippen LogP) is 2.01. The van der Waals surface area contributed by atoms with Gasteiger partial charge in [-0.05, 0) is 36.8 Å². The Balaban J connectivity index is 2.39. The minimum absolute atomic E-state index is 0.162. The molecule has 0 unspecified atom stereocenters. The van der Waals surface area contributed by atoms with E-state index in [1.165, 1.54) is 4.90 Å². The van der Waals surface area contributed by atoms with Gasteiger partial charge in [-0.15, -0.1) is 0 Å². The maximum atomic E-state index is 12.6. The molecule has 0 aliphatic carbocycles. The first-order valence-corrected chi connectivity index (χ1v) is 6.52. The topological polar surface area (TPSA) is 53.4 Å². The van der Waals surface area contributed by atoms with Gasteiger partial charge in [0.05, 0.1) is 17.4 Å². The molecule has 4 heteroatoms. The summed E-state index contributed by atoms with van der Waals surface area (Å²) in [5.74, 6) is 5.25. The number of aryl methyl sites for hydroxylation is 1. The number of carbonyl (C=O) groups excluding carboxylic acids is 1. The number of anilines is 1. The number of nitrogens with zero attached hydrogens (tertiary/aromatic N) is 2. The fourth-order valence-corrected chi connectivity index (χ4v) is 1.93. The van der Waals surface area contributed by atoms with Crippen LogP contribution in [0.15, 0.2) is 42.7 Å². The molecule has 0 radical (unpaired) electrons. The Morgan fingerprint density at radius 2 is 2.19 bits per heavy atom. The van der Waals surface area contributed by atoms with Crippen molar-refractivity contribution in [1.29, 1.82) is 0 Å². The van der Waals surface area contributed by atoms with Crippen LogP contribution in [-0.2, 0) is 0 Å². The van der Waals surface area contributed by atoms with Gasteiger partial charge in [0.2, 0.25) is 0 Å². The van der Waals surface area contributed by atoms with Gasteiger partial charge >= 0.3 is 0 Å². The number of aliphatic hydroxyl groups is 1. The second-order valence-corrected chi connectivity index (χ2v) is 4.58. The zero-order valence-corrected chi connectivity index (χ0v) is 12.0. The fourth-order valence-electron chi connectivity index (χ4n) is 1.93. The number of aliphatic hydroxyl groups excluding tert-OH is 1. The van der Waals surface area contributed by atoms with Crippen molar-refractivity contribution in [3.05, 3.63) is 59.4 Å². The van der Waals surface area contributed by atoms with Crippen LogP contribution in [0.3, 0.4) is 0 Å². The van der Waals surface area contributed by atoms with Crippen molar-refractivity contribution < 1.29 is 9.90 Å². The highest BCUT2D eigenvalue weighted by molar-refractivity contribution is 6.07. The highest BCUT2D eigenvalue weighted by Gasteiger charge is 2.16. The van der Waals surface area contributed by atoms with Crippen LogP contribution < -0.4 is 4.90 Å². The van der Waals surface area contributed by atoms with E-state index < -0.39 is 0 Å². The average molecular weight is 280 g/mol. The standard InChI is InChI=1S/C17H16N2O2/c1-13-7-8-16(14(11-13)5-4-10-20)17(21)19(2)15-6-3-9-18-12-15/h3,6-9,11-12,20H,10H2,1-2H3. The Morgan fingerprint density at radius 3 is 2.86 bits per heavy atom. The van der Waals surface area contributed by atoms with Gasteiger partial charge in [-0.25, -0.2) is 0 Å². The molecular weight excluding hydrogens is 264 g/mol. The number of pyridine rings is 1. The summed E-state index contributed by atoms with van der Waals surface area (Å²) in [6, 6.07) is 9.06. The Hall–Kier alpha value is -2.64. The predicted molar refractivity (Wildman–Crippen MR) is 82.1 cm³/mol. The summed E-state index contributed by atoms with van der Waals surface area (Å²) >= 11 is 0. The van der Waals surface area contributed by atoms with Crippen LogP contribution in [0.5, 0.6) is 0 Å². The van der Waals surface area contributed by atoms with Gasteiger partial charge in [0.15, 0.2) is 0 Å². The number of amides is 1. The fraction of sp³-hybridized carbons (Fsp3) is 0.176. The van der Waals surface area contributed by atoms with E-state index in [4.69, 9.17) is 5.11 Å². The molecule has 0 atom stereocenters. The molecule has 106 valence electrons. The van der Waals surface area contributed by atoms with Gasteiger partial charge in [-0.2, -0.15) is 0 Å². The molecule has 0 aliphatic rings. The van der Waals surface area contributed by atoms with Crippen LogP contribution >= 0.6 is 0 Å². The van der Waals surface area contributed by atoms with Crippen molar-refractivity contribution in [3.8, 4) is 11.8 Å². The molecule has 0 aliphatic heterocycles. The lowest BCUT2D eigenvalue weighted by Crippen LogP contribution is -2.27. The summed E-state index contributed by atoms with van der Waals surface area (Å²) in [7, 11) is 1.70. The molecule has 2 rings (SSSR count). The van der Waals surface area contributed by atoms with E-state index in [1.54, 1.807) is 31.6 Å². The molecule has 1 amide bonds. The van der Waals surface area contributed by atoms with Crippen molar-refractivity contribution in [2.45, 2.75) is 6.92 Å². The first-order chi connectivity index (χ1) is 10.1. The number of rotatable bonds is 2. The largest absolute Gasteiger partial charge is 0.384 e. The zero-order chi connectivity index (χ0) is 15.2. The Bertz CT molecular complexity index is 700. The van der Waals surface area contributed by atoms with Gasteiger partial charge in [0.25, 0.3) is 5.91 Å². The summed E-state index contributed by atoms with van der Waals surface area (Å²) in [5.41, 5.74) is 2.85. The summed E-state index contributed by atoms with van der Waals surface area (Å²) in [4.78, 5) is 18.2. The van der Waals surface area contributed by atoms with Crippen LogP contribution in [0.1, 0.15) is 21.5 Å². The molecule has 21 heavy (non-hydrogen) atoms. The highest BCUT2D eigenvalue weighted by atomic mass is 16.2. The van der Waals surface area contributed by atoms with E-state index >= 15 is 0 Å². The molecule has 0 saturated carbocycles. The van der Waals surface area contributed by atoms with Crippen LogP contribution in [0.2, 0.25) is 0 Å². The normalized spacial score (nSPS) is 9.67. The van der Waals surface area contributed by atoms with Gasteiger partial charge < -0.3 is 10.0 Å². The molecule has 0 saturated heterocycles. The molecule has 2 aromatic rings. The summed E-state index contributed by atoms with van der Waals surface area (Å²) in [6.07, 6.45) is 3.29. The molecule has 0 fully saturated rings. The molecule has 1 aromatic carbocycles. The molecule has 0 bridgehead atoms. The minimum Gasteiger partial charge on any atom is -0.384 e. The highest BCUT2D eigenvalue weighted by Crippen LogP contribution is 2.17. The number of benzene rings is 1. The van der Waals surface area contributed by atoms with Crippen LogP contribution in [-0.4, -0.2) is 29.7 Å². The average Bonchev–Trinajstić information content (AvgIpc) is 2.52. The summed E-state index contributed by atoms with van der Waals surface area (Å²) in [5, 5.41) is 8.84. The number of carbonyl (C=O) groups is 1. The van der Waals surface area contributed by atoms with Crippen molar-refractivity contribution in [3.63, 3.8) is 0 Å². The Labute approximate surface area is 124 Å². The van der Waals surface area contributed by atoms with Gasteiger partial charge in [0, 0.05) is 18.8 Å². The molecule has 1 aromatic heterocycles. The molecule has 0 spiro atoms. The molecule has 1 heterocycles. The Kier molecular flexibility index (Phi) is 4.70. The molecule has 4 nitrogen and oxygen atoms in total. The van der Waals surface area contributed by atoms with Crippen LogP contribution in [0.25, 0.3) is 0 Å². The monoisotopic (exact) mass is 280 g/mol. The number of hydrogen-bond donors (Lipinski definition) is 1. The lowest BCUT2D eigenvalue weighted by molar-refractivity contribution is 0.0992. The van der Waals surface area contributed by atoms with E-state index in [9.17, 15) is 4.79 Å². The smallest absolute Gasteiger partial charge is 0.259 e. The van der Waals surface area contributed by atoms with E-state index in [0.29, 0.717) is 16.8 Å². The van der Waals surface area contributed by atoms with Crippen LogP contribution in [0, 0.1) is 18.8 Å². The maximum absolute atomic E-state index is 12.6. The van der Waals surface area contributed by atoms with Crippen LogP contribution in [0.4, 0.5) is 5.69 Å². The third-order valence-corrected chi connectivity index (χ3v) is 3.05. The summed E-state index contributed by atoms with van der Waals surface area (Å²) in [6.45, 7) is 1.70. The van der Waals surface area contributed by atoms with Gasteiger partial charge in [-0.1, -0.05) is 17.9 Å². The first-order valence-electron chi connectivity index (χ1n) is 6.52.